The monoisotopic (exact) mass is 248 g/mol. The molecule has 1 heterocycles. The second-order valence-electron chi connectivity index (χ2n) is 4.95. The number of hydrogen-bond acceptors (Lipinski definition) is 3. The van der Waals surface area contributed by atoms with E-state index in [1.54, 1.807) is 7.11 Å². The molecule has 3 nitrogen and oxygen atoms in total. The van der Waals surface area contributed by atoms with Gasteiger partial charge in [0.25, 0.3) is 0 Å². The number of benzene rings is 1. The van der Waals surface area contributed by atoms with Crippen LogP contribution in [0.25, 0.3) is 0 Å². The number of methoxy groups -OCH3 is 1. The van der Waals surface area contributed by atoms with Crippen molar-refractivity contribution in [3.05, 3.63) is 29.8 Å². The molecule has 1 aromatic rings. The van der Waals surface area contributed by atoms with Crippen LogP contribution in [0.4, 0.5) is 0 Å². The van der Waals surface area contributed by atoms with Gasteiger partial charge in [-0.15, -0.1) is 0 Å². The normalized spacial score (nSPS) is 19.7. The molecule has 2 N–H and O–H groups in total. The summed E-state index contributed by atoms with van der Waals surface area (Å²) >= 11 is 0. The minimum atomic E-state index is 0.670. The third kappa shape index (κ3) is 4.31. The molecule has 1 aromatic carbocycles. The molecule has 1 fully saturated rings. The SMILES string of the molecule is COc1cccc(CCNCC2CCCCN2)c1. The summed E-state index contributed by atoms with van der Waals surface area (Å²) in [7, 11) is 1.71. The fourth-order valence-electron chi connectivity index (χ4n) is 2.44. The maximum Gasteiger partial charge on any atom is 0.119 e. The lowest BCUT2D eigenvalue weighted by Gasteiger charge is -2.23. The van der Waals surface area contributed by atoms with Crippen molar-refractivity contribution in [2.24, 2.45) is 0 Å². The van der Waals surface area contributed by atoms with Crippen LogP contribution in [0.3, 0.4) is 0 Å². The van der Waals surface area contributed by atoms with E-state index >= 15 is 0 Å². The number of ether oxygens (including phenoxy) is 1. The van der Waals surface area contributed by atoms with Crippen LogP contribution in [0, 0.1) is 0 Å². The van der Waals surface area contributed by atoms with Crippen molar-refractivity contribution in [1.82, 2.24) is 10.6 Å². The van der Waals surface area contributed by atoms with E-state index in [0.29, 0.717) is 6.04 Å². The van der Waals surface area contributed by atoms with Crippen LogP contribution in [0.15, 0.2) is 24.3 Å². The Morgan fingerprint density at radius 2 is 2.33 bits per heavy atom. The summed E-state index contributed by atoms with van der Waals surface area (Å²) in [6.45, 7) is 3.30. The Balaban J connectivity index is 1.65. The second kappa shape index (κ2) is 7.39. The summed E-state index contributed by atoms with van der Waals surface area (Å²) in [6, 6.07) is 8.98. The lowest BCUT2D eigenvalue weighted by Crippen LogP contribution is -2.42. The molecule has 1 aliphatic rings. The summed E-state index contributed by atoms with van der Waals surface area (Å²) in [5, 5.41) is 7.09. The molecule has 3 heteroatoms. The van der Waals surface area contributed by atoms with Crippen LogP contribution in [-0.2, 0) is 6.42 Å². The Bertz CT molecular complexity index is 348. The Labute approximate surface area is 110 Å². The van der Waals surface area contributed by atoms with Gasteiger partial charge in [0.2, 0.25) is 0 Å². The summed E-state index contributed by atoms with van der Waals surface area (Å²) in [5.41, 5.74) is 1.33. The van der Waals surface area contributed by atoms with Crippen LogP contribution in [0.5, 0.6) is 5.75 Å². The molecule has 1 atom stereocenters. The van der Waals surface area contributed by atoms with E-state index in [4.69, 9.17) is 4.74 Å². The quantitative estimate of drug-likeness (QED) is 0.755. The van der Waals surface area contributed by atoms with E-state index < -0.39 is 0 Å². The molecule has 0 bridgehead atoms. The van der Waals surface area contributed by atoms with Gasteiger partial charge >= 0.3 is 0 Å². The van der Waals surface area contributed by atoms with Gasteiger partial charge in [0.05, 0.1) is 7.11 Å². The molecule has 100 valence electrons. The smallest absolute Gasteiger partial charge is 0.119 e. The highest BCUT2D eigenvalue weighted by Crippen LogP contribution is 2.12. The molecule has 2 rings (SSSR count). The van der Waals surface area contributed by atoms with Gasteiger partial charge in [-0.1, -0.05) is 18.6 Å². The van der Waals surface area contributed by atoms with Gasteiger partial charge in [-0.05, 0) is 50.0 Å². The molecule has 1 aliphatic heterocycles. The lowest BCUT2D eigenvalue weighted by atomic mass is 10.1. The van der Waals surface area contributed by atoms with Crippen molar-refractivity contribution in [3.8, 4) is 5.75 Å². The van der Waals surface area contributed by atoms with Crippen molar-refractivity contribution in [2.45, 2.75) is 31.7 Å². The van der Waals surface area contributed by atoms with Gasteiger partial charge in [0.1, 0.15) is 5.75 Å². The standard InChI is InChI=1S/C15H24N2O/c1-18-15-7-4-5-13(11-15)8-10-16-12-14-6-2-3-9-17-14/h4-5,7,11,14,16-17H,2-3,6,8-10,12H2,1H3. The topological polar surface area (TPSA) is 33.3 Å². The fraction of sp³-hybridized carbons (Fsp3) is 0.600. The molecule has 0 spiro atoms. The highest BCUT2D eigenvalue weighted by atomic mass is 16.5. The Kier molecular flexibility index (Phi) is 5.49. The summed E-state index contributed by atoms with van der Waals surface area (Å²) < 4.78 is 5.23. The Morgan fingerprint density at radius 3 is 3.11 bits per heavy atom. The van der Waals surface area contributed by atoms with Gasteiger partial charge in [0, 0.05) is 12.6 Å². The predicted octanol–water partition coefficient (Wildman–Crippen LogP) is 1.97. The highest BCUT2D eigenvalue weighted by Gasteiger charge is 2.11. The summed E-state index contributed by atoms with van der Waals surface area (Å²) in [6.07, 6.45) is 5.08. The van der Waals surface area contributed by atoms with Crippen molar-refractivity contribution in [1.29, 1.82) is 0 Å². The minimum Gasteiger partial charge on any atom is -0.497 e. The number of rotatable bonds is 6. The molecule has 1 unspecified atom stereocenters. The second-order valence-corrected chi connectivity index (χ2v) is 4.95. The maximum absolute atomic E-state index is 5.23. The van der Waals surface area contributed by atoms with E-state index in [9.17, 15) is 0 Å². The first-order chi connectivity index (χ1) is 8.88. The van der Waals surface area contributed by atoms with Crippen LogP contribution in [0.2, 0.25) is 0 Å². The van der Waals surface area contributed by atoms with Crippen LogP contribution in [-0.4, -0.2) is 32.8 Å². The van der Waals surface area contributed by atoms with Crippen molar-refractivity contribution < 1.29 is 4.74 Å². The van der Waals surface area contributed by atoms with Gasteiger partial charge in [-0.2, -0.15) is 0 Å². The predicted molar refractivity (Wildman–Crippen MR) is 75.2 cm³/mol. The maximum atomic E-state index is 5.23. The highest BCUT2D eigenvalue weighted by molar-refractivity contribution is 5.28. The number of hydrogen-bond donors (Lipinski definition) is 2. The zero-order valence-electron chi connectivity index (χ0n) is 11.2. The lowest BCUT2D eigenvalue weighted by molar-refractivity contribution is 0.384. The fourth-order valence-corrected chi connectivity index (χ4v) is 2.44. The molecular formula is C15H24N2O. The number of piperidine rings is 1. The molecule has 18 heavy (non-hydrogen) atoms. The molecule has 0 amide bonds. The van der Waals surface area contributed by atoms with Crippen molar-refractivity contribution in [3.63, 3.8) is 0 Å². The van der Waals surface area contributed by atoms with Crippen molar-refractivity contribution >= 4 is 0 Å². The zero-order valence-corrected chi connectivity index (χ0v) is 11.2. The number of nitrogens with one attached hydrogen (secondary N) is 2. The average Bonchev–Trinajstić information content (AvgIpc) is 2.45. The average molecular weight is 248 g/mol. The van der Waals surface area contributed by atoms with Crippen molar-refractivity contribution in [2.75, 3.05) is 26.7 Å². The van der Waals surface area contributed by atoms with Crippen LogP contribution in [0.1, 0.15) is 24.8 Å². The van der Waals surface area contributed by atoms with E-state index in [1.807, 2.05) is 6.07 Å². The first-order valence-electron chi connectivity index (χ1n) is 6.95. The van der Waals surface area contributed by atoms with Crippen LogP contribution >= 0.6 is 0 Å². The van der Waals surface area contributed by atoms with E-state index in [2.05, 4.69) is 28.8 Å². The van der Waals surface area contributed by atoms with Gasteiger partial charge < -0.3 is 15.4 Å². The first-order valence-corrected chi connectivity index (χ1v) is 6.95. The minimum absolute atomic E-state index is 0.670. The van der Waals surface area contributed by atoms with Crippen LogP contribution < -0.4 is 15.4 Å². The Hall–Kier alpha value is -1.06. The Morgan fingerprint density at radius 1 is 1.39 bits per heavy atom. The van der Waals surface area contributed by atoms with E-state index in [0.717, 1.165) is 25.3 Å². The summed E-state index contributed by atoms with van der Waals surface area (Å²) in [4.78, 5) is 0. The molecule has 0 aromatic heterocycles. The third-order valence-corrected chi connectivity index (χ3v) is 3.53. The zero-order chi connectivity index (χ0) is 12.6. The van der Waals surface area contributed by atoms with Gasteiger partial charge in [-0.25, -0.2) is 0 Å². The summed E-state index contributed by atoms with van der Waals surface area (Å²) in [5.74, 6) is 0.946. The largest absolute Gasteiger partial charge is 0.497 e. The molecule has 0 saturated carbocycles. The first kappa shape index (κ1) is 13.4. The molecule has 1 saturated heterocycles. The third-order valence-electron chi connectivity index (χ3n) is 3.53. The molecule has 0 radical (unpaired) electrons. The van der Waals surface area contributed by atoms with E-state index in [-0.39, 0.29) is 0 Å². The molecule has 0 aliphatic carbocycles. The molecular weight excluding hydrogens is 224 g/mol. The van der Waals surface area contributed by atoms with E-state index in [1.165, 1.54) is 31.4 Å². The van der Waals surface area contributed by atoms with Gasteiger partial charge in [-0.3, -0.25) is 0 Å². The van der Waals surface area contributed by atoms with Gasteiger partial charge in [0.15, 0.2) is 0 Å².